The molecule has 0 spiro atoms. The molecule has 0 aromatic rings. The lowest BCUT2D eigenvalue weighted by Crippen LogP contribution is -2.41. The van der Waals surface area contributed by atoms with E-state index in [4.69, 9.17) is 14.8 Å². The maximum atomic E-state index is 14.0. The van der Waals surface area contributed by atoms with Gasteiger partial charge in [0.25, 0.3) is 0 Å². The Morgan fingerprint density at radius 3 is 2.11 bits per heavy atom. The fourth-order valence-corrected chi connectivity index (χ4v) is 1.51. The molecule has 0 aliphatic carbocycles. The van der Waals surface area contributed by atoms with Crippen LogP contribution in [0, 0.1) is 0 Å². The normalized spacial score (nSPS) is 22.8. The van der Waals surface area contributed by atoms with Crippen LogP contribution in [0.2, 0.25) is 0 Å². The molecule has 0 radical (unpaired) electrons. The van der Waals surface area contributed by atoms with Crippen LogP contribution in [0.15, 0.2) is 16.9 Å². The Morgan fingerprint density at radius 1 is 1.28 bits per heavy atom. The predicted molar refractivity (Wildman–Crippen MR) is 68.5 cm³/mol. The first-order valence-electron chi connectivity index (χ1n) is 5.81. The summed E-state index contributed by atoms with van der Waals surface area (Å²) in [5, 5.41) is 3.49. The molecule has 0 aromatic heterocycles. The van der Waals surface area contributed by atoms with Gasteiger partial charge in [0, 0.05) is 4.91 Å². The zero-order chi connectivity index (χ0) is 14.2. The number of hydrogen-bond donors (Lipinski definition) is 0. The van der Waals surface area contributed by atoms with Crippen molar-refractivity contribution in [1.82, 2.24) is 0 Å². The van der Waals surface area contributed by atoms with E-state index in [1.165, 1.54) is 6.08 Å². The van der Waals surface area contributed by atoms with Gasteiger partial charge in [-0.15, -0.1) is 0 Å². The minimum Gasteiger partial charge on any atom is -0.398 e. The molecular formula is C11H19BFN3O2. The second kappa shape index (κ2) is 4.57. The van der Waals surface area contributed by atoms with Gasteiger partial charge in [-0.3, -0.25) is 0 Å². The molecule has 100 valence electrons. The Hall–Kier alpha value is -1.04. The summed E-state index contributed by atoms with van der Waals surface area (Å²) in [6.45, 7) is 10.6. The van der Waals surface area contributed by atoms with E-state index in [0.29, 0.717) is 0 Å². The number of halogens is 1. The molecule has 1 heterocycles. The predicted octanol–water partition coefficient (Wildman–Crippen LogP) is 3.56. The van der Waals surface area contributed by atoms with Gasteiger partial charge in [-0.05, 0) is 39.3 Å². The van der Waals surface area contributed by atoms with Crippen molar-refractivity contribution in [2.45, 2.75) is 58.3 Å². The third-order valence-electron chi connectivity index (χ3n) is 3.27. The average molecular weight is 255 g/mol. The molecule has 0 bridgehead atoms. The van der Waals surface area contributed by atoms with Crippen LogP contribution >= 0.6 is 0 Å². The fraction of sp³-hybridized carbons (Fsp3) is 0.818. The lowest BCUT2D eigenvalue weighted by molar-refractivity contribution is 0.00578. The molecular weight excluding hydrogens is 236 g/mol. The quantitative estimate of drug-likeness (QED) is 0.335. The van der Waals surface area contributed by atoms with Crippen LogP contribution < -0.4 is 0 Å². The van der Waals surface area contributed by atoms with Gasteiger partial charge in [0.1, 0.15) is 5.73 Å². The van der Waals surface area contributed by atoms with Gasteiger partial charge in [-0.1, -0.05) is 19.0 Å². The summed E-state index contributed by atoms with van der Waals surface area (Å²) in [7, 11) is -1.05. The first-order valence-corrected chi connectivity index (χ1v) is 5.81. The van der Waals surface area contributed by atoms with E-state index in [9.17, 15) is 4.39 Å². The van der Waals surface area contributed by atoms with E-state index < -0.39 is 29.6 Å². The maximum absolute atomic E-state index is 14.0. The number of rotatable bonds is 3. The summed E-state index contributed by atoms with van der Waals surface area (Å²) >= 11 is 0. The minimum absolute atomic E-state index is 0.578. The Kier molecular flexibility index (Phi) is 3.82. The molecule has 18 heavy (non-hydrogen) atoms. The Bertz CT molecular complexity index is 399. The molecule has 1 aliphatic rings. The smallest absolute Gasteiger partial charge is 0.398 e. The summed E-state index contributed by atoms with van der Waals surface area (Å²) in [5.74, 6) is 0. The van der Waals surface area contributed by atoms with Crippen molar-refractivity contribution in [2.75, 3.05) is 0 Å². The molecule has 5 nitrogen and oxygen atoms in total. The topological polar surface area (TPSA) is 67.2 Å². The molecule has 0 N–H and O–H groups in total. The standard InChI is InChI=1S/C11H19BFN3O2/c1-9(2,15-16-14)7-8(13)12-17-10(3,4)11(5,6)18-12/h7H,1-6H3. The van der Waals surface area contributed by atoms with E-state index in [0.717, 1.165) is 0 Å². The van der Waals surface area contributed by atoms with E-state index >= 15 is 0 Å². The van der Waals surface area contributed by atoms with E-state index in [2.05, 4.69) is 10.0 Å². The van der Waals surface area contributed by atoms with Crippen LogP contribution in [-0.2, 0) is 9.31 Å². The van der Waals surface area contributed by atoms with E-state index in [1.807, 2.05) is 27.7 Å². The highest BCUT2D eigenvalue weighted by Crippen LogP contribution is 2.39. The number of nitrogens with zero attached hydrogens (tertiary/aromatic N) is 3. The number of azide groups is 1. The Balaban J connectivity index is 2.92. The van der Waals surface area contributed by atoms with Gasteiger partial charge in [0.05, 0.1) is 16.7 Å². The van der Waals surface area contributed by atoms with Gasteiger partial charge >= 0.3 is 7.12 Å². The fourth-order valence-electron chi connectivity index (χ4n) is 1.51. The van der Waals surface area contributed by atoms with Crippen LogP contribution in [0.1, 0.15) is 41.5 Å². The third-order valence-corrected chi connectivity index (χ3v) is 3.27. The Morgan fingerprint density at radius 2 is 1.72 bits per heavy atom. The highest BCUT2D eigenvalue weighted by atomic mass is 19.1. The first-order chi connectivity index (χ1) is 8.01. The van der Waals surface area contributed by atoms with Crippen molar-refractivity contribution >= 4 is 7.12 Å². The number of hydrogen-bond acceptors (Lipinski definition) is 3. The van der Waals surface area contributed by atoms with Crippen LogP contribution in [-0.4, -0.2) is 23.9 Å². The minimum atomic E-state index is -1.05. The molecule has 1 rings (SSSR count). The molecule has 1 aliphatic heterocycles. The van der Waals surface area contributed by atoms with Crippen LogP contribution in [0.3, 0.4) is 0 Å². The summed E-state index contributed by atoms with van der Waals surface area (Å²) < 4.78 is 25.1. The third kappa shape index (κ3) is 3.04. The SMILES string of the molecule is CC(C)(C=C(F)B1OC(C)(C)C(C)(C)O1)N=[N+]=[N-]. The monoisotopic (exact) mass is 255 g/mol. The van der Waals surface area contributed by atoms with Crippen LogP contribution in [0.5, 0.6) is 0 Å². The molecule has 0 amide bonds. The van der Waals surface area contributed by atoms with E-state index in [-0.39, 0.29) is 0 Å². The second-order valence-electron chi connectivity index (χ2n) is 5.96. The second-order valence-corrected chi connectivity index (χ2v) is 5.96. The average Bonchev–Trinajstić information content (AvgIpc) is 2.35. The largest absolute Gasteiger partial charge is 0.524 e. The van der Waals surface area contributed by atoms with Crippen molar-refractivity contribution in [3.8, 4) is 0 Å². The van der Waals surface area contributed by atoms with Gasteiger partial charge in [0.2, 0.25) is 0 Å². The lowest BCUT2D eigenvalue weighted by Gasteiger charge is -2.32. The summed E-state index contributed by atoms with van der Waals surface area (Å²) in [5.41, 5.74) is 5.67. The zero-order valence-electron chi connectivity index (χ0n) is 11.7. The van der Waals surface area contributed by atoms with Crippen molar-refractivity contribution < 1.29 is 13.7 Å². The lowest BCUT2D eigenvalue weighted by atomic mass is 9.85. The van der Waals surface area contributed by atoms with Crippen molar-refractivity contribution in [3.63, 3.8) is 0 Å². The van der Waals surface area contributed by atoms with Gasteiger partial charge in [0.15, 0.2) is 0 Å². The summed E-state index contributed by atoms with van der Waals surface area (Å²) in [6.07, 6.45) is 1.22. The van der Waals surface area contributed by atoms with E-state index in [1.54, 1.807) is 13.8 Å². The molecule has 0 unspecified atom stereocenters. The van der Waals surface area contributed by atoms with Gasteiger partial charge < -0.3 is 9.31 Å². The highest BCUT2D eigenvalue weighted by molar-refractivity contribution is 6.53. The molecule has 7 heteroatoms. The zero-order valence-corrected chi connectivity index (χ0v) is 11.7. The molecule has 0 saturated carbocycles. The Labute approximate surface area is 107 Å². The first kappa shape index (κ1) is 15.0. The summed E-state index contributed by atoms with van der Waals surface area (Å²) in [4.78, 5) is 2.68. The van der Waals surface area contributed by atoms with Crippen LogP contribution in [0.25, 0.3) is 10.4 Å². The van der Waals surface area contributed by atoms with Crippen molar-refractivity contribution in [1.29, 1.82) is 0 Å². The maximum Gasteiger partial charge on any atom is 0.524 e. The molecule has 0 atom stereocenters. The van der Waals surface area contributed by atoms with Gasteiger partial charge in [-0.25, -0.2) is 4.39 Å². The highest BCUT2D eigenvalue weighted by Gasteiger charge is 2.53. The molecule has 0 aromatic carbocycles. The summed E-state index contributed by atoms with van der Waals surface area (Å²) in [6, 6.07) is 0. The van der Waals surface area contributed by atoms with Crippen LogP contribution in [0.4, 0.5) is 4.39 Å². The molecule has 1 fully saturated rings. The van der Waals surface area contributed by atoms with Crippen molar-refractivity contribution in [2.24, 2.45) is 5.11 Å². The van der Waals surface area contributed by atoms with Gasteiger partial charge in [-0.2, -0.15) is 0 Å². The molecule has 1 saturated heterocycles. The van der Waals surface area contributed by atoms with Crippen molar-refractivity contribution in [3.05, 3.63) is 22.2 Å².